The number of aldehydes is 1. The molecule has 0 unspecified atom stereocenters. The summed E-state index contributed by atoms with van der Waals surface area (Å²) in [6, 6.07) is -2.96. The first kappa shape index (κ1) is 75.6. The van der Waals surface area contributed by atoms with Gasteiger partial charge >= 0.3 is 77.1 Å². The first-order valence-electron chi connectivity index (χ1n) is 22.3. The fraction of sp³-hybridized carbons (Fsp3) is 0.625. The number of esters is 5. The molecular formula is C48H79MgN3O21. The zero-order chi connectivity index (χ0) is 56.7. The van der Waals surface area contributed by atoms with Crippen LogP contribution in [0.5, 0.6) is 0 Å². The van der Waals surface area contributed by atoms with E-state index in [1.807, 2.05) is 0 Å². The molecule has 3 amide bonds. The quantitative estimate of drug-likeness (QED) is 0.0222. The van der Waals surface area contributed by atoms with Gasteiger partial charge in [-0.05, 0) is 88.0 Å². The van der Waals surface area contributed by atoms with Crippen LogP contribution in [0.2, 0.25) is 0 Å². The third-order valence-corrected chi connectivity index (χ3v) is 7.54. The molecule has 0 aromatic rings. The summed E-state index contributed by atoms with van der Waals surface area (Å²) in [4.78, 5) is 134. The first-order chi connectivity index (χ1) is 33.2. The first-order valence-corrected chi connectivity index (χ1v) is 22.3. The summed E-state index contributed by atoms with van der Waals surface area (Å²) in [5.74, 6) is -4.66. The van der Waals surface area contributed by atoms with Crippen LogP contribution in [0.25, 0.3) is 0 Å². The molecule has 0 aromatic heterocycles. The molecule has 0 spiro atoms. The van der Waals surface area contributed by atoms with Gasteiger partial charge < -0.3 is 66.6 Å². The molecule has 0 radical (unpaired) electrons. The molecule has 4 N–H and O–H groups in total. The summed E-state index contributed by atoms with van der Waals surface area (Å²) in [5.41, 5.74) is -2.09. The minimum absolute atomic E-state index is 0. The number of amides is 3. The Balaban J connectivity index is -0.000000169. The Hall–Kier alpha value is -6.37. The van der Waals surface area contributed by atoms with Crippen LogP contribution in [-0.4, -0.2) is 170 Å². The number of allylic oxidation sites excluding steroid dienone is 1. The molecule has 0 heterocycles. The van der Waals surface area contributed by atoms with E-state index in [4.69, 9.17) is 24.1 Å². The van der Waals surface area contributed by atoms with Gasteiger partial charge in [-0.2, -0.15) is 0 Å². The number of rotatable bonds is 26. The van der Waals surface area contributed by atoms with E-state index in [2.05, 4.69) is 54.6 Å². The minimum Gasteiger partial charge on any atom is -1.00 e. The molecule has 0 saturated heterocycles. The zero-order valence-corrected chi connectivity index (χ0v) is 45.9. The number of hydrogen-bond acceptors (Lipinski definition) is 20. The average Bonchev–Trinajstić information content (AvgIpc) is 3.26. The van der Waals surface area contributed by atoms with Gasteiger partial charge in [-0.1, -0.05) is 31.4 Å². The van der Waals surface area contributed by atoms with Crippen molar-refractivity contribution in [1.29, 1.82) is 0 Å². The Kier molecular flexibility index (Phi) is 43.6. The monoisotopic (exact) mass is 1060 g/mol. The number of ketones is 2. The molecule has 0 aliphatic carbocycles. The molecule has 3 atom stereocenters. The predicted octanol–water partition coefficient (Wildman–Crippen LogP) is 4.96. The second-order valence-corrected chi connectivity index (χ2v) is 17.6. The van der Waals surface area contributed by atoms with E-state index in [1.54, 1.807) is 68.4 Å². The number of methoxy groups -OCH3 is 3. The fourth-order valence-electron chi connectivity index (χ4n) is 4.52. The van der Waals surface area contributed by atoms with Crippen LogP contribution in [0.3, 0.4) is 0 Å². The molecule has 0 aromatic carbocycles. The maximum absolute atomic E-state index is 11.7. The van der Waals surface area contributed by atoms with Crippen molar-refractivity contribution in [2.45, 2.75) is 161 Å². The van der Waals surface area contributed by atoms with E-state index in [-0.39, 0.29) is 89.8 Å². The Morgan fingerprint density at radius 2 is 0.849 bits per heavy atom. The van der Waals surface area contributed by atoms with Crippen molar-refractivity contribution in [3.05, 3.63) is 38.0 Å². The van der Waals surface area contributed by atoms with Crippen LogP contribution < -0.4 is 16.0 Å². The second kappa shape index (κ2) is 42.2. The molecule has 0 aliphatic heterocycles. The molecular weight excluding hydrogens is 979 g/mol. The summed E-state index contributed by atoms with van der Waals surface area (Å²) >= 11 is 0. The number of aliphatic carboxylic acids is 1. The third-order valence-electron chi connectivity index (χ3n) is 7.54. The molecule has 0 fully saturated rings. The second-order valence-electron chi connectivity index (χ2n) is 17.6. The van der Waals surface area contributed by atoms with E-state index in [0.717, 1.165) is 7.11 Å². The van der Waals surface area contributed by atoms with Crippen molar-refractivity contribution < 1.29 is 103 Å². The topological polar surface area (TPSA) is 335 Å². The number of carboxylic acids is 1. The molecule has 414 valence electrons. The van der Waals surface area contributed by atoms with Gasteiger partial charge in [0.15, 0.2) is 0 Å². The Morgan fingerprint density at radius 1 is 0.521 bits per heavy atom. The van der Waals surface area contributed by atoms with E-state index in [1.165, 1.54) is 26.4 Å². The van der Waals surface area contributed by atoms with Crippen molar-refractivity contribution in [3.63, 3.8) is 0 Å². The van der Waals surface area contributed by atoms with Crippen LogP contribution in [0.1, 0.15) is 129 Å². The number of carbonyl (C=O) groups is 12. The number of Topliss-reactive ketones (excluding diaryl/α,β-unsaturated/α-hetero) is 2. The van der Waals surface area contributed by atoms with Crippen LogP contribution in [0, 0.1) is 0 Å². The van der Waals surface area contributed by atoms with E-state index in [9.17, 15) is 57.5 Å². The van der Waals surface area contributed by atoms with E-state index < -0.39 is 101 Å². The number of alkyl carbamates (subject to hydrolysis) is 3. The summed E-state index contributed by atoms with van der Waals surface area (Å²) in [6.07, 6.45) is 3.05. The van der Waals surface area contributed by atoms with Crippen molar-refractivity contribution in [3.8, 4) is 0 Å². The number of nitrogens with one attached hydrogen (secondary N) is 3. The SMILES string of the molecule is C=CCCC(=O)CC[C@H](NC(=O)OC(C)(C)C)C(=O)OC.C=CCOC(=O)CC(=O)CC[C@H](NC(=O)OC(C)(C)C)C(=O)OC.C=CCOC(=O)CC=O.COC(=O)[C@H](CCC(=O)O)NC(=O)OC(C)(C)C.[H-].[H-].[Mg+2]. The van der Waals surface area contributed by atoms with Gasteiger partial charge in [-0.15, -0.1) is 6.58 Å². The molecule has 0 saturated carbocycles. The number of hydrogen-bond donors (Lipinski definition) is 4. The van der Waals surface area contributed by atoms with Gasteiger partial charge in [0.05, 0.1) is 21.3 Å². The van der Waals surface area contributed by atoms with Gasteiger partial charge in [-0.25, -0.2) is 28.8 Å². The van der Waals surface area contributed by atoms with Gasteiger partial charge in [0.25, 0.3) is 0 Å². The third kappa shape index (κ3) is 50.4. The predicted molar refractivity (Wildman–Crippen MR) is 266 cm³/mol. The molecule has 0 rings (SSSR count). The van der Waals surface area contributed by atoms with Crippen molar-refractivity contribution in [2.75, 3.05) is 34.5 Å². The summed E-state index contributed by atoms with van der Waals surface area (Å²) in [6.45, 7) is 25.7. The number of carbonyl (C=O) groups excluding carboxylic acids is 11. The summed E-state index contributed by atoms with van der Waals surface area (Å²) in [7, 11) is 3.55. The van der Waals surface area contributed by atoms with Gasteiger partial charge in [-0.3, -0.25) is 24.0 Å². The average molecular weight is 1060 g/mol. The Morgan fingerprint density at radius 3 is 1.14 bits per heavy atom. The van der Waals surface area contributed by atoms with Crippen LogP contribution in [0.4, 0.5) is 14.4 Å². The van der Waals surface area contributed by atoms with Crippen LogP contribution in [0.15, 0.2) is 38.0 Å². The van der Waals surface area contributed by atoms with E-state index >= 15 is 0 Å². The maximum atomic E-state index is 11.7. The minimum atomic E-state index is -1.06. The molecule has 73 heavy (non-hydrogen) atoms. The molecule has 25 heteroatoms. The fourth-order valence-corrected chi connectivity index (χ4v) is 4.52. The van der Waals surface area contributed by atoms with Gasteiger partial charge in [0.2, 0.25) is 0 Å². The molecule has 0 aliphatic rings. The van der Waals surface area contributed by atoms with Gasteiger partial charge in [0, 0.05) is 25.7 Å². The summed E-state index contributed by atoms with van der Waals surface area (Å²) < 4.78 is 37.9. The smallest absolute Gasteiger partial charge is 1.00 e. The largest absolute Gasteiger partial charge is 2.00 e. The van der Waals surface area contributed by atoms with Crippen molar-refractivity contribution >= 4 is 95.0 Å². The Labute approximate surface area is 446 Å². The number of carboxylic acid groups (broad SMARTS) is 1. The standard InChI is InChI=1S/C16H25NO7.C15H25NO5.C11H19NO6.C6H8O3.Mg.2H/c1-6-9-23-13(19)10-11(18)7-8-12(14(20)22-5)17-15(21)24-16(2,3)4;1-6-7-8-11(17)9-10-12(13(18)20-5)16-14(19)21-15(2,3)4;1-11(2,3)18-10(16)12-7(9(15)17-4)5-6-8(13)14;1-2-5-9-6(8)3-4-7;;;/h6,12H,1,7-10H2,2-5H3,(H,17,21);6,12H,1,7-10H2,2-5H3,(H,16,19);7H,5-6H2,1-4H3,(H,12,16)(H,13,14);2,4H,1,3,5H2;;;/q;;;;+2;2*-1/t2*12-;7-;;;;/m000..../s1. The summed E-state index contributed by atoms with van der Waals surface area (Å²) in [5, 5.41) is 15.6. The van der Waals surface area contributed by atoms with Crippen LogP contribution in [-0.2, 0) is 81.0 Å². The van der Waals surface area contributed by atoms with Crippen LogP contribution >= 0.6 is 0 Å². The van der Waals surface area contributed by atoms with Gasteiger partial charge in [0.1, 0.15) is 78.8 Å². The molecule has 0 bridgehead atoms. The maximum Gasteiger partial charge on any atom is 2.00 e. The zero-order valence-electron chi connectivity index (χ0n) is 46.5. The normalized spacial score (nSPS) is 11.5. The molecule has 24 nitrogen and oxygen atoms in total. The Bertz CT molecular complexity index is 1810. The van der Waals surface area contributed by atoms with E-state index in [0.29, 0.717) is 19.1 Å². The van der Waals surface area contributed by atoms with Crippen molar-refractivity contribution in [1.82, 2.24) is 16.0 Å². The van der Waals surface area contributed by atoms with Crippen molar-refractivity contribution in [2.24, 2.45) is 0 Å². The number of ether oxygens (including phenoxy) is 8.